The Bertz CT molecular complexity index is 65.0. The van der Waals surface area contributed by atoms with Crippen molar-refractivity contribution in [2.75, 3.05) is 0 Å². The molecular weight excluding hydrogens is 120 g/mol. The third-order valence-corrected chi connectivity index (χ3v) is 0.936. The maximum atomic E-state index is 2.22. The predicted octanol–water partition coefficient (Wildman–Crippen LogP) is 1.90. The molecule has 0 unspecified atom stereocenters. The fourth-order valence-corrected chi connectivity index (χ4v) is 0.487. The Labute approximate surface area is 74.9 Å². The molecule has 0 aliphatic rings. The van der Waals surface area contributed by atoms with Gasteiger partial charge in [-0.2, -0.15) is 0 Å². The lowest BCUT2D eigenvalue weighted by atomic mass is 10.1. The zero-order chi connectivity index (χ0) is 6.41. The molecule has 0 aromatic heterocycles. The summed E-state index contributed by atoms with van der Waals surface area (Å²) in [4.78, 5) is 0. The van der Waals surface area contributed by atoms with Gasteiger partial charge >= 0.3 is 23.1 Å². The van der Waals surface area contributed by atoms with Crippen LogP contribution in [0.25, 0.3) is 0 Å². The molecule has 0 N–H and O–H groups in total. The Morgan fingerprint density at radius 2 is 1.89 bits per heavy atom. The van der Waals surface area contributed by atoms with Gasteiger partial charge in [0.1, 0.15) is 0 Å². The smallest absolute Gasteiger partial charge is 0.0914 e. The maximum absolute atomic E-state index is 2.22. The molecule has 0 aromatic rings. The quantitative estimate of drug-likeness (QED) is 0.521. The largest absolute Gasteiger partial charge is 0.316 e. The van der Waals surface area contributed by atoms with Crippen LogP contribution in [0.4, 0.5) is 0 Å². The maximum Gasteiger partial charge on any atom is 0.316 e. The van der Waals surface area contributed by atoms with Crippen LogP contribution in [0.2, 0.25) is 0 Å². The normalized spacial score (nSPS) is 10.2. The van der Waals surface area contributed by atoms with Crippen molar-refractivity contribution in [2.24, 2.45) is 5.92 Å². The summed E-state index contributed by atoms with van der Waals surface area (Å²) in [5.41, 5.74) is 0. The molecule has 0 amide bonds. The number of rotatable bonds is 3. The Morgan fingerprint density at radius 3 is 2.22 bits per heavy atom. The molecule has 0 aliphatic carbocycles. The number of hydrogen-bond donors (Lipinski definition) is 0. The molecule has 51 valence electrons. The van der Waals surface area contributed by atoms with Crippen molar-refractivity contribution >= 4 is 23.1 Å². The van der Waals surface area contributed by atoms with E-state index in [-0.39, 0.29) is 23.1 Å². The van der Waals surface area contributed by atoms with Crippen LogP contribution in [-0.4, -0.2) is 23.1 Å². The van der Waals surface area contributed by atoms with Gasteiger partial charge in [-0.25, -0.2) is 0 Å². The minimum absolute atomic E-state index is 0. The Hall–Kier alpha value is 0.506. The van der Waals surface area contributed by atoms with Crippen LogP contribution in [0.15, 0.2) is 12.2 Å². The van der Waals surface area contributed by atoms with E-state index in [1.54, 1.807) is 0 Å². The fourth-order valence-electron chi connectivity index (χ4n) is 0.487. The zero-order valence-corrected chi connectivity index (χ0v) is 6.02. The Balaban J connectivity index is 0. The first kappa shape index (κ1) is 12.2. The molecule has 0 heterocycles. The van der Waals surface area contributed by atoms with E-state index in [4.69, 9.17) is 0 Å². The Kier molecular flexibility index (Phi) is 11.5. The lowest BCUT2D eigenvalue weighted by Crippen LogP contribution is -1.83. The van der Waals surface area contributed by atoms with Gasteiger partial charge in [0.15, 0.2) is 0 Å². The molecule has 1 heteroatoms. The average molecular weight is 138 g/mol. The second-order valence-electron chi connectivity index (χ2n) is 2.39. The second-order valence-corrected chi connectivity index (χ2v) is 2.39. The minimum atomic E-state index is 0. The van der Waals surface area contributed by atoms with E-state index in [9.17, 15) is 0 Å². The summed E-state index contributed by atoms with van der Waals surface area (Å²) in [6.45, 7) is 6.48. The van der Waals surface area contributed by atoms with Crippen LogP contribution < -0.4 is 0 Å². The van der Waals surface area contributed by atoms with Gasteiger partial charge in [-0.1, -0.05) is 26.0 Å². The molecular formula is C8H17Mg. The van der Waals surface area contributed by atoms with Crippen molar-refractivity contribution in [2.45, 2.75) is 27.2 Å². The van der Waals surface area contributed by atoms with Gasteiger partial charge in [-0.15, -0.1) is 0 Å². The van der Waals surface area contributed by atoms with Crippen molar-refractivity contribution in [3.8, 4) is 0 Å². The molecule has 0 saturated carbocycles. The zero-order valence-electron chi connectivity index (χ0n) is 6.02. The van der Waals surface area contributed by atoms with Crippen LogP contribution in [-0.2, 0) is 0 Å². The molecule has 0 nitrogen and oxygen atoms in total. The van der Waals surface area contributed by atoms with E-state index in [0.29, 0.717) is 0 Å². The van der Waals surface area contributed by atoms with Gasteiger partial charge < -0.3 is 0 Å². The molecule has 0 rings (SSSR count). The summed E-state index contributed by atoms with van der Waals surface area (Å²) in [5, 5.41) is 0. The molecule has 0 spiro atoms. The van der Waals surface area contributed by atoms with Gasteiger partial charge in [0.2, 0.25) is 0 Å². The molecule has 0 aliphatic heterocycles. The van der Waals surface area contributed by atoms with E-state index in [2.05, 4.69) is 32.4 Å². The highest BCUT2D eigenvalue weighted by atomic mass is 24.3. The Morgan fingerprint density at radius 1 is 1.33 bits per heavy atom. The van der Waals surface area contributed by atoms with Crippen molar-refractivity contribution in [3.05, 3.63) is 18.6 Å². The first-order valence-electron chi connectivity index (χ1n) is 3.22. The number of hydrogen-bond acceptors (Lipinski definition) is 0. The van der Waals surface area contributed by atoms with Gasteiger partial charge in [0.25, 0.3) is 0 Å². The molecule has 9 heavy (non-hydrogen) atoms. The van der Waals surface area contributed by atoms with Gasteiger partial charge in [-0.05, 0) is 25.7 Å². The van der Waals surface area contributed by atoms with Crippen molar-refractivity contribution in [1.29, 1.82) is 0 Å². The van der Waals surface area contributed by atoms with Gasteiger partial charge in [-0.3, -0.25) is 0 Å². The first-order chi connectivity index (χ1) is 3.77. The minimum Gasteiger partial charge on any atom is -0.0914 e. The van der Waals surface area contributed by atoms with Crippen LogP contribution in [0.3, 0.4) is 0 Å². The topological polar surface area (TPSA) is 0 Å². The SMILES string of the molecule is C/C=C/[CH]CC(C)C.[MgH2]. The second kappa shape index (κ2) is 8.51. The monoisotopic (exact) mass is 137 g/mol. The van der Waals surface area contributed by atoms with Crippen LogP contribution in [0, 0.1) is 12.3 Å². The summed E-state index contributed by atoms with van der Waals surface area (Å²) in [6, 6.07) is 0. The van der Waals surface area contributed by atoms with Crippen molar-refractivity contribution < 1.29 is 0 Å². The van der Waals surface area contributed by atoms with Crippen molar-refractivity contribution in [1.82, 2.24) is 0 Å². The lowest BCUT2D eigenvalue weighted by molar-refractivity contribution is 0.647. The van der Waals surface area contributed by atoms with E-state index >= 15 is 0 Å². The van der Waals surface area contributed by atoms with Crippen LogP contribution >= 0.6 is 0 Å². The van der Waals surface area contributed by atoms with E-state index < -0.39 is 0 Å². The average Bonchev–Trinajstić information content (AvgIpc) is 1.66. The van der Waals surface area contributed by atoms with E-state index in [1.165, 1.54) is 6.42 Å². The fraction of sp³-hybridized carbons (Fsp3) is 0.625. The third kappa shape index (κ3) is 11.9. The highest BCUT2D eigenvalue weighted by Crippen LogP contribution is 2.01. The van der Waals surface area contributed by atoms with Gasteiger partial charge in [0, 0.05) is 0 Å². The predicted molar refractivity (Wildman–Crippen MR) is 47.1 cm³/mol. The van der Waals surface area contributed by atoms with Crippen molar-refractivity contribution in [3.63, 3.8) is 0 Å². The highest BCUT2D eigenvalue weighted by Gasteiger charge is 1.88. The summed E-state index contributed by atoms with van der Waals surface area (Å²) in [5.74, 6) is 0.797. The van der Waals surface area contributed by atoms with Gasteiger partial charge in [0.05, 0.1) is 0 Å². The molecule has 0 saturated heterocycles. The number of allylic oxidation sites excluding steroid dienone is 2. The molecule has 0 aromatic carbocycles. The highest BCUT2D eigenvalue weighted by molar-refractivity contribution is 5.75. The summed E-state index contributed by atoms with van der Waals surface area (Å²) in [6.07, 6.45) is 7.55. The third-order valence-electron chi connectivity index (χ3n) is 0.936. The molecule has 0 fully saturated rings. The van der Waals surface area contributed by atoms with E-state index in [0.717, 1.165) is 5.92 Å². The summed E-state index contributed by atoms with van der Waals surface area (Å²) >= 11 is 0. The lowest BCUT2D eigenvalue weighted by Gasteiger charge is -1.97. The van der Waals surface area contributed by atoms with Crippen LogP contribution in [0.1, 0.15) is 27.2 Å². The molecule has 1 radical (unpaired) electrons. The molecule has 0 bridgehead atoms. The summed E-state index contributed by atoms with van der Waals surface area (Å²) in [7, 11) is 0. The summed E-state index contributed by atoms with van der Waals surface area (Å²) < 4.78 is 0. The van der Waals surface area contributed by atoms with Crippen LogP contribution in [0.5, 0.6) is 0 Å². The standard InChI is InChI=1S/C8H15.Mg.2H/c1-4-5-6-7-8(2)3;;;/h4-6,8H,7H2,1-3H3;;;/b5-4+;;;. The molecule has 0 atom stereocenters. The first-order valence-corrected chi connectivity index (χ1v) is 3.22. The van der Waals surface area contributed by atoms with E-state index in [1.807, 2.05) is 6.92 Å².